The molecular weight excluding hydrogens is 396 g/mol. The number of benzene rings is 2. The maximum Gasteiger partial charge on any atom is 0.292 e. The molecule has 0 spiro atoms. The molecule has 1 fully saturated rings. The van der Waals surface area contributed by atoms with Gasteiger partial charge in [-0.25, -0.2) is 0 Å². The van der Waals surface area contributed by atoms with Crippen LogP contribution in [-0.4, -0.2) is 61.8 Å². The number of morpholine rings is 1. The van der Waals surface area contributed by atoms with E-state index in [0.29, 0.717) is 11.4 Å². The Kier molecular flexibility index (Phi) is 6.28. The molecule has 4 rings (SSSR count). The second-order valence-corrected chi connectivity index (χ2v) is 7.30. The molecule has 160 valence electrons. The van der Waals surface area contributed by atoms with Crippen LogP contribution in [0, 0.1) is 0 Å². The Morgan fingerprint density at radius 3 is 2.48 bits per heavy atom. The first-order valence-electron chi connectivity index (χ1n) is 10.1. The number of anilines is 2. The molecular formula is C23H24N4O4. The van der Waals surface area contributed by atoms with Gasteiger partial charge in [0.2, 0.25) is 11.7 Å². The van der Waals surface area contributed by atoms with E-state index >= 15 is 0 Å². The zero-order valence-electron chi connectivity index (χ0n) is 17.3. The molecule has 0 aliphatic carbocycles. The summed E-state index contributed by atoms with van der Waals surface area (Å²) in [7, 11) is 1.55. The third-order valence-electron chi connectivity index (χ3n) is 5.05. The van der Waals surface area contributed by atoms with Crippen molar-refractivity contribution in [3.05, 3.63) is 66.4 Å². The quantitative estimate of drug-likeness (QED) is 0.660. The number of likely N-dealkylation sites (N-methyl/N-ethyl adjacent to an activating group) is 1. The molecule has 0 unspecified atom stereocenters. The number of nitrogens with zero attached hydrogens (tertiary/aromatic N) is 3. The first-order chi connectivity index (χ1) is 15.1. The van der Waals surface area contributed by atoms with Crippen LogP contribution in [0.25, 0.3) is 11.3 Å². The molecule has 1 N–H and O–H groups in total. The minimum atomic E-state index is -0.410. The van der Waals surface area contributed by atoms with Crippen LogP contribution in [0.4, 0.5) is 11.4 Å². The fraction of sp³-hybridized carbons (Fsp3) is 0.261. The van der Waals surface area contributed by atoms with Crippen LogP contribution in [0.3, 0.4) is 0 Å². The molecule has 2 heterocycles. The number of hydrogen-bond donors (Lipinski definition) is 1. The monoisotopic (exact) mass is 420 g/mol. The smallest absolute Gasteiger partial charge is 0.292 e. The van der Waals surface area contributed by atoms with Gasteiger partial charge in [-0.05, 0) is 24.3 Å². The second kappa shape index (κ2) is 9.44. The highest BCUT2D eigenvalue weighted by Crippen LogP contribution is 2.20. The summed E-state index contributed by atoms with van der Waals surface area (Å²) in [4.78, 5) is 28.5. The molecule has 1 aliphatic heterocycles. The predicted octanol–water partition coefficient (Wildman–Crippen LogP) is 2.89. The van der Waals surface area contributed by atoms with E-state index in [1.54, 1.807) is 13.1 Å². The highest BCUT2D eigenvalue weighted by Gasteiger charge is 2.20. The molecule has 0 radical (unpaired) electrons. The summed E-state index contributed by atoms with van der Waals surface area (Å²) < 4.78 is 10.6. The van der Waals surface area contributed by atoms with Crippen molar-refractivity contribution in [3.8, 4) is 11.3 Å². The van der Waals surface area contributed by atoms with Gasteiger partial charge in [-0.2, -0.15) is 0 Å². The van der Waals surface area contributed by atoms with Crippen molar-refractivity contribution < 1.29 is 18.8 Å². The number of carbonyl (C=O) groups is 2. The Morgan fingerprint density at radius 2 is 1.77 bits per heavy atom. The predicted molar refractivity (Wildman–Crippen MR) is 117 cm³/mol. The summed E-state index contributed by atoms with van der Waals surface area (Å²) in [6, 6.07) is 18.7. The van der Waals surface area contributed by atoms with Gasteiger partial charge in [0, 0.05) is 43.1 Å². The number of rotatable bonds is 6. The number of carbonyl (C=O) groups excluding carboxylic acids is 2. The average molecular weight is 420 g/mol. The normalized spacial score (nSPS) is 13.6. The second-order valence-electron chi connectivity index (χ2n) is 7.30. The molecule has 1 aromatic heterocycles. The van der Waals surface area contributed by atoms with Crippen molar-refractivity contribution in [2.45, 2.75) is 0 Å². The number of amides is 2. The maximum atomic E-state index is 12.6. The van der Waals surface area contributed by atoms with E-state index in [2.05, 4.69) is 15.4 Å². The number of aromatic nitrogens is 1. The average Bonchev–Trinajstić information content (AvgIpc) is 3.30. The van der Waals surface area contributed by atoms with E-state index in [9.17, 15) is 9.59 Å². The molecule has 0 saturated carbocycles. The zero-order chi connectivity index (χ0) is 21.6. The maximum absolute atomic E-state index is 12.6. The SMILES string of the molecule is CN(CC(=O)Nc1ccc(N2CCOCC2)cc1)C(=O)c1cc(-c2ccccc2)no1. The van der Waals surface area contributed by atoms with E-state index in [-0.39, 0.29) is 18.2 Å². The largest absolute Gasteiger partial charge is 0.378 e. The highest BCUT2D eigenvalue weighted by molar-refractivity contribution is 5.98. The van der Waals surface area contributed by atoms with E-state index < -0.39 is 5.91 Å². The van der Waals surface area contributed by atoms with Crippen LogP contribution in [0.5, 0.6) is 0 Å². The Bertz CT molecular complexity index is 1030. The van der Waals surface area contributed by atoms with Crippen LogP contribution in [0.15, 0.2) is 65.2 Å². The van der Waals surface area contributed by atoms with Gasteiger partial charge in [0.1, 0.15) is 5.69 Å². The molecule has 0 bridgehead atoms. The van der Waals surface area contributed by atoms with Crippen LogP contribution in [0.2, 0.25) is 0 Å². The Balaban J connectivity index is 1.32. The summed E-state index contributed by atoms with van der Waals surface area (Å²) in [6.07, 6.45) is 0. The minimum absolute atomic E-state index is 0.0871. The summed E-state index contributed by atoms with van der Waals surface area (Å²) in [6.45, 7) is 3.04. The van der Waals surface area contributed by atoms with Gasteiger partial charge in [-0.15, -0.1) is 0 Å². The Hall–Kier alpha value is -3.65. The summed E-state index contributed by atoms with van der Waals surface area (Å²) in [5, 5.41) is 6.77. The first kappa shape index (κ1) is 20.6. The van der Waals surface area contributed by atoms with Crippen molar-refractivity contribution >= 4 is 23.2 Å². The van der Waals surface area contributed by atoms with Crippen molar-refractivity contribution in [2.24, 2.45) is 0 Å². The van der Waals surface area contributed by atoms with Gasteiger partial charge in [0.25, 0.3) is 5.91 Å². The molecule has 8 heteroatoms. The van der Waals surface area contributed by atoms with Crippen molar-refractivity contribution in [1.29, 1.82) is 0 Å². The van der Waals surface area contributed by atoms with Crippen LogP contribution in [-0.2, 0) is 9.53 Å². The summed E-state index contributed by atoms with van der Waals surface area (Å²) >= 11 is 0. The standard InChI is InChI=1S/C23H24N4O4/c1-26(23(29)21-15-20(25-31-21)17-5-3-2-4-6-17)16-22(28)24-18-7-9-19(10-8-18)27-11-13-30-14-12-27/h2-10,15H,11-14,16H2,1H3,(H,24,28). The Labute approximate surface area is 180 Å². The molecule has 2 amide bonds. The van der Waals surface area contributed by atoms with E-state index in [4.69, 9.17) is 9.26 Å². The van der Waals surface area contributed by atoms with Crippen molar-refractivity contribution in [1.82, 2.24) is 10.1 Å². The van der Waals surface area contributed by atoms with Crippen molar-refractivity contribution in [3.63, 3.8) is 0 Å². The lowest BCUT2D eigenvalue weighted by Gasteiger charge is -2.28. The number of hydrogen-bond acceptors (Lipinski definition) is 6. The third-order valence-corrected chi connectivity index (χ3v) is 5.05. The van der Waals surface area contributed by atoms with Crippen LogP contribution in [0.1, 0.15) is 10.6 Å². The van der Waals surface area contributed by atoms with Crippen molar-refractivity contribution in [2.75, 3.05) is 50.1 Å². The summed E-state index contributed by atoms with van der Waals surface area (Å²) in [5.41, 5.74) is 3.19. The van der Waals surface area contributed by atoms with Gasteiger partial charge in [-0.3, -0.25) is 9.59 Å². The molecule has 0 atom stereocenters. The lowest BCUT2D eigenvalue weighted by molar-refractivity contribution is -0.116. The lowest BCUT2D eigenvalue weighted by atomic mass is 10.1. The van der Waals surface area contributed by atoms with E-state index in [0.717, 1.165) is 37.6 Å². The number of nitrogens with one attached hydrogen (secondary N) is 1. The van der Waals surface area contributed by atoms with E-state index in [1.165, 1.54) is 4.90 Å². The molecule has 8 nitrogen and oxygen atoms in total. The zero-order valence-corrected chi connectivity index (χ0v) is 17.3. The fourth-order valence-corrected chi connectivity index (χ4v) is 3.37. The van der Waals surface area contributed by atoms with Crippen LogP contribution < -0.4 is 10.2 Å². The third kappa shape index (κ3) is 5.10. The molecule has 1 aliphatic rings. The van der Waals surface area contributed by atoms with Crippen LogP contribution >= 0.6 is 0 Å². The van der Waals surface area contributed by atoms with Gasteiger partial charge in [0.05, 0.1) is 19.8 Å². The molecule has 2 aromatic carbocycles. The first-order valence-corrected chi connectivity index (χ1v) is 10.1. The lowest BCUT2D eigenvalue weighted by Crippen LogP contribution is -2.36. The topological polar surface area (TPSA) is 87.9 Å². The Morgan fingerprint density at radius 1 is 1.06 bits per heavy atom. The highest BCUT2D eigenvalue weighted by atomic mass is 16.5. The fourth-order valence-electron chi connectivity index (χ4n) is 3.37. The van der Waals surface area contributed by atoms with E-state index in [1.807, 2.05) is 54.6 Å². The van der Waals surface area contributed by atoms with Gasteiger partial charge in [0.15, 0.2) is 0 Å². The van der Waals surface area contributed by atoms with Gasteiger partial charge in [-0.1, -0.05) is 35.5 Å². The molecule has 3 aromatic rings. The minimum Gasteiger partial charge on any atom is -0.378 e. The van der Waals surface area contributed by atoms with Gasteiger partial charge >= 0.3 is 0 Å². The molecule has 31 heavy (non-hydrogen) atoms. The van der Waals surface area contributed by atoms with Gasteiger partial charge < -0.3 is 24.4 Å². The summed E-state index contributed by atoms with van der Waals surface area (Å²) in [5.74, 6) is -0.616. The molecule has 1 saturated heterocycles. The number of ether oxygens (including phenoxy) is 1.